The predicted octanol–water partition coefficient (Wildman–Crippen LogP) is -0.994. The normalized spacial score (nSPS) is 11.9. The van der Waals surface area contributed by atoms with Crippen molar-refractivity contribution in [3.63, 3.8) is 0 Å². The van der Waals surface area contributed by atoms with Crippen molar-refractivity contribution in [2.24, 2.45) is 5.73 Å². The Bertz CT molecular complexity index is 169. The Balaban J connectivity index is 3.76. The summed E-state index contributed by atoms with van der Waals surface area (Å²) in [5.74, 6) is -1.00. The SMILES string of the molecule is CCOC(=O)OC(=O)C(N)CO. The van der Waals surface area contributed by atoms with Gasteiger partial charge in [-0.3, -0.25) is 0 Å². The molecule has 70 valence electrons. The van der Waals surface area contributed by atoms with Crippen LogP contribution >= 0.6 is 0 Å². The van der Waals surface area contributed by atoms with Crippen LogP contribution in [0.5, 0.6) is 0 Å². The lowest BCUT2D eigenvalue weighted by Gasteiger charge is -2.06. The van der Waals surface area contributed by atoms with Gasteiger partial charge in [-0.1, -0.05) is 0 Å². The fraction of sp³-hybridized carbons (Fsp3) is 0.667. The number of ether oxygens (including phenoxy) is 2. The molecule has 12 heavy (non-hydrogen) atoms. The van der Waals surface area contributed by atoms with Gasteiger partial charge in [0.05, 0.1) is 13.2 Å². The van der Waals surface area contributed by atoms with E-state index in [0.29, 0.717) is 0 Å². The van der Waals surface area contributed by atoms with Gasteiger partial charge in [0, 0.05) is 0 Å². The van der Waals surface area contributed by atoms with Crippen LogP contribution in [0.3, 0.4) is 0 Å². The van der Waals surface area contributed by atoms with Crippen LogP contribution in [0.1, 0.15) is 6.92 Å². The molecule has 0 aliphatic carbocycles. The molecule has 3 N–H and O–H groups in total. The summed E-state index contributed by atoms with van der Waals surface area (Å²) in [5.41, 5.74) is 5.03. The summed E-state index contributed by atoms with van der Waals surface area (Å²) in [5, 5.41) is 8.37. The van der Waals surface area contributed by atoms with Crippen molar-refractivity contribution in [3.05, 3.63) is 0 Å². The number of rotatable bonds is 3. The molecule has 6 heteroatoms. The van der Waals surface area contributed by atoms with E-state index in [2.05, 4.69) is 9.47 Å². The first-order valence-corrected chi connectivity index (χ1v) is 3.36. The van der Waals surface area contributed by atoms with E-state index in [4.69, 9.17) is 10.8 Å². The lowest BCUT2D eigenvalue weighted by atomic mass is 10.3. The lowest BCUT2D eigenvalue weighted by molar-refractivity contribution is -0.142. The molecule has 0 saturated heterocycles. The zero-order chi connectivity index (χ0) is 9.56. The van der Waals surface area contributed by atoms with E-state index in [9.17, 15) is 9.59 Å². The minimum atomic E-state index is -1.20. The van der Waals surface area contributed by atoms with Gasteiger partial charge in [0.25, 0.3) is 0 Å². The molecule has 1 atom stereocenters. The number of hydrogen-bond donors (Lipinski definition) is 2. The van der Waals surface area contributed by atoms with E-state index in [1.807, 2.05) is 0 Å². The molecular weight excluding hydrogens is 166 g/mol. The number of carbonyl (C=O) groups excluding carboxylic acids is 2. The summed E-state index contributed by atoms with van der Waals surface area (Å²) in [6, 6.07) is -1.20. The van der Waals surface area contributed by atoms with Crippen LogP contribution in [0.4, 0.5) is 4.79 Å². The van der Waals surface area contributed by atoms with Gasteiger partial charge < -0.3 is 20.3 Å². The molecular formula is C6H11NO5. The molecule has 0 fully saturated rings. The molecule has 0 aromatic heterocycles. The van der Waals surface area contributed by atoms with Crippen LogP contribution in [0.25, 0.3) is 0 Å². The second-order valence-electron chi connectivity index (χ2n) is 1.89. The highest BCUT2D eigenvalue weighted by atomic mass is 16.7. The third kappa shape index (κ3) is 3.89. The summed E-state index contributed by atoms with van der Waals surface area (Å²) in [6.45, 7) is 1.11. The molecule has 0 aliphatic heterocycles. The van der Waals surface area contributed by atoms with E-state index in [0.717, 1.165) is 0 Å². The molecule has 0 saturated carbocycles. The van der Waals surface area contributed by atoms with Gasteiger partial charge in [-0.25, -0.2) is 9.59 Å². The molecule has 0 radical (unpaired) electrons. The maximum atomic E-state index is 10.7. The number of aliphatic hydroxyl groups is 1. The molecule has 0 aromatic carbocycles. The van der Waals surface area contributed by atoms with Crippen LogP contribution in [0, 0.1) is 0 Å². The molecule has 6 nitrogen and oxygen atoms in total. The van der Waals surface area contributed by atoms with Gasteiger partial charge in [0.1, 0.15) is 6.04 Å². The topological polar surface area (TPSA) is 98.9 Å². The van der Waals surface area contributed by atoms with Crippen LogP contribution in [0.15, 0.2) is 0 Å². The van der Waals surface area contributed by atoms with Crippen LogP contribution in [0.2, 0.25) is 0 Å². The van der Waals surface area contributed by atoms with Gasteiger partial charge in [0.15, 0.2) is 0 Å². The van der Waals surface area contributed by atoms with Crippen LogP contribution in [-0.2, 0) is 14.3 Å². The highest BCUT2D eigenvalue weighted by molar-refractivity contribution is 5.85. The van der Waals surface area contributed by atoms with Crippen molar-refractivity contribution >= 4 is 12.1 Å². The number of hydrogen-bond acceptors (Lipinski definition) is 6. The zero-order valence-corrected chi connectivity index (χ0v) is 6.65. The average Bonchev–Trinajstić information content (AvgIpc) is 2.03. The standard InChI is InChI=1S/C6H11NO5/c1-2-11-6(10)12-5(9)4(7)3-8/h4,8H,2-3,7H2,1H3. The Morgan fingerprint density at radius 2 is 2.17 bits per heavy atom. The highest BCUT2D eigenvalue weighted by Crippen LogP contribution is 1.89. The maximum absolute atomic E-state index is 10.7. The maximum Gasteiger partial charge on any atom is 0.516 e. The predicted molar refractivity (Wildman–Crippen MR) is 38.2 cm³/mol. The Kier molecular flexibility index (Phi) is 4.98. The van der Waals surface area contributed by atoms with Gasteiger partial charge in [-0.05, 0) is 6.92 Å². The number of aliphatic hydroxyl groups excluding tert-OH is 1. The molecule has 0 aliphatic rings. The van der Waals surface area contributed by atoms with E-state index in [1.54, 1.807) is 6.92 Å². The summed E-state index contributed by atoms with van der Waals surface area (Å²) >= 11 is 0. The number of nitrogens with two attached hydrogens (primary N) is 1. The largest absolute Gasteiger partial charge is 0.516 e. The van der Waals surface area contributed by atoms with Crippen molar-refractivity contribution in [2.45, 2.75) is 13.0 Å². The molecule has 0 aromatic rings. The summed E-state index contributed by atoms with van der Waals surface area (Å²) in [4.78, 5) is 21.1. The zero-order valence-electron chi connectivity index (χ0n) is 6.65. The Hall–Kier alpha value is -1.14. The van der Waals surface area contributed by atoms with Crippen molar-refractivity contribution in [2.75, 3.05) is 13.2 Å². The fourth-order valence-electron chi connectivity index (χ4n) is 0.380. The van der Waals surface area contributed by atoms with Gasteiger partial charge in [-0.15, -0.1) is 0 Å². The molecule has 0 rings (SSSR count). The monoisotopic (exact) mass is 177 g/mol. The molecule has 0 bridgehead atoms. The summed E-state index contributed by atoms with van der Waals surface area (Å²) < 4.78 is 8.35. The smallest absolute Gasteiger partial charge is 0.434 e. The quantitative estimate of drug-likeness (QED) is 0.424. The Labute approximate surface area is 69.2 Å². The van der Waals surface area contributed by atoms with Crippen LogP contribution < -0.4 is 5.73 Å². The van der Waals surface area contributed by atoms with E-state index in [1.165, 1.54) is 0 Å². The highest BCUT2D eigenvalue weighted by Gasteiger charge is 2.18. The minimum Gasteiger partial charge on any atom is -0.434 e. The van der Waals surface area contributed by atoms with E-state index >= 15 is 0 Å². The Morgan fingerprint density at radius 3 is 2.58 bits per heavy atom. The minimum absolute atomic E-state index is 0.112. The second kappa shape index (κ2) is 5.50. The van der Waals surface area contributed by atoms with Gasteiger partial charge in [0.2, 0.25) is 0 Å². The summed E-state index contributed by atoms with van der Waals surface area (Å²) in [6.07, 6.45) is -1.11. The first-order valence-electron chi connectivity index (χ1n) is 3.36. The fourth-order valence-corrected chi connectivity index (χ4v) is 0.380. The van der Waals surface area contributed by atoms with Crippen molar-refractivity contribution < 1.29 is 24.2 Å². The molecule has 1 unspecified atom stereocenters. The van der Waals surface area contributed by atoms with Gasteiger partial charge >= 0.3 is 12.1 Å². The second-order valence-corrected chi connectivity index (χ2v) is 1.89. The van der Waals surface area contributed by atoms with Crippen molar-refractivity contribution in [3.8, 4) is 0 Å². The third-order valence-electron chi connectivity index (χ3n) is 0.946. The van der Waals surface area contributed by atoms with E-state index < -0.39 is 24.8 Å². The lowest BCUT2D eigenvalue weighted by Crippen LogP contribution is -2.36. The van der Waals surface area contributed by atoms with Crippen molar-refractivity contribution in [1.82, 2.24) is 0 Å². The van der Waals surface area contributed by atoms with Crippen molar-refractivity contribution in [1.29, 1.82) is 0 Å². The molecule has 0 spiro atoms. The van der Waals surface area contributed by atoms with E-state index in [-0.39, 0.29) is 6.61 Å². The average molecular weight is 177 g/mol. The first kappa shape index (κ1) is 10.9. The van der Waals surface area contributed by atoms with Gasteiger partial charge in [-0.2, -0.15) is 0 Å². The molecule has 0 amide bonds. The number of esters is 1. The Morgan fingerprint density at radius 1 is 1.58 bits per heavy atom. The number of carbonyl (C=O) groups is 2. The van der Waals surface area contributed by atoms with Crippen LogP contribution in [-0.4, -0.2) is 36.5 Å². The molecule has 0 heterocycles. The summed E-state index contributed by atoms with van der Waals surface area (Å²) in [7, 11) is 0. The first-order chi connectivity index (χ1) is 5.61. The third-order valence-corrected chi connectivity index (χ3v) is 0.946.